The van der Waals surface area contributed by atoms with Gasteiger partial charge in [0.2, 0.25) is 5.91 Å². The number of alkyl halides is 3. The molecule has 208 valence electrons. The molecule has 7 nitrogen and oxygen atoms in total. The second-order valence-corrected chi connectivity index (χ2v) is 10.4. The van der Waals surface area contributed by atoms with E-state index in [2.05, 4.69) is 19.9 Å². The molecule has 0 radical (unpaired) electrons. The standard InChI is InChI=1S/C29H34F3N5O2/c1-21(2)16-26-18-24(33-37(26)25-10-5-4-6-11-25)19-34(3)27(38)20-35-12-14-36(15-13-35)28(39)22-8-7-9-23(17-22)29(30,31)32/h4-11,17-18,21H,12-16,19-20H2,1-3H3. The molecule has 2 heterocycles. The molecule has 0 bridgehead atoms. The third-order valence-corrected chi connectivity index (χ3v) is 6.73. The van der Waals surface area contributed by atoms with Crippen molar-refractivity contribution in [2.24, 2.45) is 5.92 Å². The molecule has 1 saturated heterocycles. The van der Waals surface area contributed by atoms with E-state index in [1.54, 1.807) is 11.9 Å². The van der Waals surface area contributed by atoms with Gasteiger partial charge in [-0.1, -0.05) is 38.1 Å². The Hall–Kier alpha value is -3.66. The van der Waals surface area contributed by atoms with Gasteiger partial charge in [0.15, 0.2) is 0 Å². The van der Waals surface area contributed by atoms with E-state index in [0.29, 0.717) is 38.6 Å². The van der Waals surface area contributed by atoms with Crippen LogP contribution in [0, 0.1) is 5.92 Å². The van der Waals surface area contributed by atoms with E-state index in [0.717, 1.165) is 35.6 Å². The van der Waals surface area contributed by atoms with Crippen molar-refractivity contribution < 1.29 is 22.8 Å². The fourth-order valence-electron chi connectivity index (χ4n) is 4.67. The van der Waals surface area contributed by atoms with Gasteiger partial charge in [-0.05, 0) is 48.7 Å². The van der Waals surface area contributed by atoms with E-state index in [1.165, 1.54) is 17.0 Å². The van der Waals surface area contributed by atoms with Gasteiger partial charge in [0, 0.05) is 44.5 Å². The Bertz CT molecular complexity index is 1280. The first-order valence-corrected chi connectivity index (χ1v) is 13.1. The summed E-state index contributed by atoms with van der Waals surface area (Å²) in [4.78, 5) is 30.9. The summed E-state index contributed by atoms with van der Waals surface area (Å²) >= 11 is 0. The first-order chi connectivity index (χ1) is 18.5. The monoisotopic (exact) mass is 541 g/mol. The Morgan fingerprint density at radius 3 is 2.31 bits per heavy atom. The summed E-state index contributed by atoms with van der Waals surface area (Å²) in [6.07, 6.45) is -3.64. The highest BCUT2D eigenvalue weighted by atomic mass is 19.4. The van der Waals surface area contributed by atoms with Crippen molar-refractivity contribution in [1.82, 2.24) is 24.5 Å². The van der Waals surface area contributed by atoms with Gasteiger partial charge in [-0.2, -0.15) is 18.3 Å². The molecule has 0 spiro atoms. The highest BCUT2D eigenvalue weighted by Crippen LogP contribution is 2.30. The maximum absolute atomic E-state index is 13.0. The number of hydrogen-bond donors (Lipinski definition) is 0. The Morgan fingerprint density at radius 1 is 0.974 bits per heavy atom. The number of hydrogen-bond acceptors (Lipinski definition) is 4. The zero-order chi connectivity index (χ0) is 28.2. The smallest absolute Gasteiger partial charge is 0.339 e. The van der Waals surface area contributed by atoms with E-state index in [9.17, 15) is 22.8 Å². The van der Waals surface area contributed by atoms with Crippen LogP contribution in [0.1, 0.15) is 41.2 Å². The molecule has 39 heavy (non-hydrogen) atoms. The van der Waals surface area contributed by atoms with Crippen LogP contribution in [0.3, 0.4) is 0 Å². The molecule has 0 unspecified atom stereocenters. The van der Waals surface area contributed by atoms with Gasteiger partial charge in [0.1, 0.15) is 0 Å². The van der Waals surface area contributed by atoms with Gasteiger partial charge >= 0.3 is 6.18 Å². The minimum atomic E-state index is -4.50. The molecule has 0 atom stereocenters. The molecular weight excluding hydrogens is 507 g/mol. The number of carbonyl (C=O) groups excluding carboxylic acids is 2. The minimum Gasteiger partial charge on any atom is -0.339 e. The number of para-hydroxylation sites is 1. The van der Waals surface area contributed by atoms with Crippen LogP contribution in [0.2, 0.25) is 0 Å². The summed E-state index contributed by atoms with van der Waals surface area (Å²) in [5, 5.41) is 4.78. The van der Waals surface area contributed by atoms with Crippen molar-refractivity contribution in [2.45, 2.75) is 33.0 Å². The van der Waals surface area contributed by atoms with Crippen LogP contribution in [0.15, 0.2) is 60.7 Å². The van der Waals surface area contributed by atoms with Gasteiger partial charge in [0.05, 0.1) is 30.0 Å². The number of aromatic nitrogens is 2. The Kier molecular flexibility index (Phi) is 8.74. The van der Waals surface area contributed by atoms with Crippen LogP contribution < -0.4 is 0 Å². The number of carbonyl (C=O) groups is 2. The van der Waals surface area contributed by atoms with Crippen molar-refractivity contribution in [3.8, 4) is 5.69 Å². The first kappa shape index (κ1) is 28.4. The van der Waals surface area contributed by atoms with Crippen molar-refractivity contribution in [2.75, 3.05) is 39.8 Å². The normalized spacial score (nSPS) is 14.6. The van der Waals surface area contributed by atoms with Crippen LogP contribution in [0.4, 0.5) is 13.2 Å². The van der Waals surface area contributed by atoms with Crippen molar-refractivity contribution in [3.63, 3.8) is 0 Å². The second kappa shape index (κ2) is 12.0. The number of rotatable bonds is 8. The van der Waals surface area contributed by atoms with E-state index in [1.807, 2.05) is 39.9 Å². The lowest BCUT2D eigenvalue weighted by molar-refractivity contribution is -0.137. The minimum absolute atomic E-state index is 0.0147. The maximum Gasteiger partial charge on any atom is 0.416 e. The summed E-state index contributed by atoms with van der Waals surface area (Å²) < 4.78 is 41.0. The summed E-state index contributed by atoms with van der Waals surface area (Å²) in [6, 6.07) is 16.5. The molecule has 1 aromatic heterocycles. The molecule has 10 heteroatoms. The van der Waals surface area contributed by atoms with Gasteiger partial charge < -0.3 is 9.80 Å². The Balaban J connectivity index is 1.32. The molecule has 1 fully saturated rings. The number of piperazine rings is 1. The van der Waals surface area contributed by atoms with E-state index >= 15 is 0 Å². The lowest BCUT2D eigenvalue weighted by atomic mass is 10.1. The zero-order valence-electron chi connectivity index (χ0n) is 22.5. The third kappa shape index (κ3) is 7.26. The van der Waals surface area contributed by atoms with Crippen LogP contribution in [-0.2, 0) is 23.9 Å². The first-order valence-electron chi connectivity index (χ1n) is 13.1. The second-order valence-electron chi connectivity index (χ2n) is 10.4. The topological polar surface area (TPSA) is 61.7 Å². The third-order valence-electron chi connectivity index (χ3n) is 6.73. The van der Waals surface area contributed by atoms with Crippen LogP contribution >= 0.6 is 0 Å². The molecule has 2 amide bonds. The summed E-state index contributed by atoms with van der Waals surface area (Å²) in [5.41, 5.74) is 2.05. The van der Waals surface area contributed by atoms with Gasteiger partial charge in [-0.25, -0.2) is 4.68 Å². The summed E-state index contributed by atoms with van der Waals surface area (Å²) in [6.45, 7) is 6.49. The molecule has 4 rings (SSSR count). The number of benzene rings is 2. The van der Waals surface area contributed by atoms with Crippen LogP contribution in [-0.4, -0.2) is 76.1 Å². The molecule has 0 N–H and O–H groups in total. The number of halogens is 3. The van der Waals surface area contributed by atoms with E-state index in [-0.39, 0.29) is 18.0 Å². The molecule has 1 aliphatic rings. The lowest BCUT2D eigenvalue weighted by Crippen LogP contribution is -2.51. The molecular formula is C29H34F3N5O2. The molecule has 0 aliphatic carbocycles. The molecule has 1 aliphatic heterocycles. The lowest BCUT2D eigenvalue weighted by Gasteiger charge is -2.35. The van der Waals surface area contributed by atoms with Crippen molar-refractivity contribution in [3.05, 3.63) is 83.2 Å². The molecule has 0 saturated carbocycles. The highest BCUT2D eigenvalue weighted by Gasteiger charge is 2.32. The number of amides is 2. The van der Waals surface area contributed by atoms with Crippen molar-refractivity contribution in [1.29, 1.82) is 0 Å². The summed E-state index contributed by atoms with van der Waals surface area (Å²) in [5.74, 6) is -0.0433. The van der Waals surface area contributed by atoms with E-state index in [4.69, 9.17) is 5.10 Å². The van der Waals surface area contributed by atoms with Crippen molar-refractivity contribution >= 4 is 11.8 Å². The fraction of sp³-hybridized carbons (Fsp3) is 0.414. The van der Waals surface area contributed by atoms with Crippen LogP contribution in [0.5, 0.6) is 0 Å². The number of nitrogens with zero attached hydrogens (tertiary/aromatic N) is 5. The molecule has 2 aromatic carbocycles. The highest BCUT2D eigenvalue weighted by molar-refractivity contribution is 5.94. The fourth-order valence-corrected chi connectivity index (χ4v) is 4.67. The average molecular weight is 542 g/mol. The van der Waals surface area contributed by atoms with Gasteiger partial charge in [-0.15, -0.1) is 0 Å². The number of likely N-dealkylation sites (N-methyl/N-ethyl adjacent to an activating group) is 1. The van der Waals surface area contributed by atoms with Crippen LogP contribution in [0.25, 0.3) is 5.69 Å². The van der Waals surface area contributed by atoms with Gasteiger partial charge in [-0.3, -0.25) is 14.5 Å². The Labute approximate surface area is 226 Å². The predicted molar refractivity (Wildman–Crippen MR) is 142 cm³/mol. The largest absolute Gasteiger partial charge is 0.416 e. The summed E-state index contributed by atoms with van der Waals surface area (Å²) in [7, 11) is 1.75. The van der Waals surface area contributed by atoms with Gasteiger partial charge in [0.25, 0.3) is 5.91 Å². The molecule has 3 aromatic rings. The average Bonchev–Trinajstić information content (AvgIpc) is 3.30. The Morgan fingerprint density at radius 2 is 1.67 bits per heavy atom. The predicted octanol–water partition coefficient (Wildman–Crippen LogP) is 4.51. The van der Waals surface area contributed by atoms with E-state index < -0.39 is 17.6 Å². The zero-order valence-corrected chi connectivity index (χ0v) is 22.5. The SMILES string of the molecule is CC(C)Cc1cc(CN(C)C(=O)CN2CCN(C(=O)c3cccc(C(F)(F)F)c3)CC2)nn1-c1ccccc1. The maximum atomic E-state index is 13.0. The quantitative estimate of drug-likeness (QED) is 0.421.